The number of nitrogens with zero attached hydrogens (tertiary/aromatic N) is 2. The summed E-state index contributed by atoms with van der Waals surface area (Å²) >= 11 is 0. The molecule has 0 unspecified atom stereocenters. The summed E-state index contributed by atoms with van der Waals surface area (Å²) in [6.07, 6.45) is 0.547. The van der Waals surface area contributed by atoms with Gasteiger partial charge in [0.1, 0.15) is 0 Å². The van der Waals surface area contributed by atoms with Gasteiger partial charge in [-0.3, -0.25) is 14.5 Å². The molecule has 0 spiro atoms. The lowest BCUT2D eigenvalue weighted by Gasteiger charge is -2.34. The predicted octanol–water partition coefficient (Wildman–Crippen LogP) is 4.15. The van der Waals surface area contributed by atoms with Gasteiger partial charge < -0.3 is 4.90 Å². The van der Waals surface area contributed by atoms with Crippen molar-refractivity contribution in [2.24, 2.45) is 0 Å². The van der Waals surface area contributed by atoms with Crippen LogP contribution in [0.2, 0.25) is 0 Å². The second-order valence-electron chi connectivity index (χ2n) is 7.63. The molecule has 4 rings (SSSR count). The Morgan fingerprint density at radius 3 is 2.17 bits per heavy atom. The second-order valence-corrected chi connectivity index (χ2v) is 7.63. The first-order valence-corrected chi connectivity index (χ1v) is 10.2. The number of hydrogen-bond donors (Lipinski definition) is 0. The third-order valence-electron chi connectivity index (χ3n) is 5.61. The number of ketones is 1. The second kappa shape index (κ2) is 9.01. The van der Waals surface area contributed by atoms with E-state index in [1.165, 1.54) is 5.56 Å². The SMILES string of the molecule is O=C(CCC(=O)N1CCN(Cc2ccccc2)CC1)c1ccc2ccccc2c1. The van der Waals surface area contributed by atoms with E-state index in [1.807, 2.05) is 53.4 Å². The van der Waals surface area contributed by atoms with Crippen molar-refractivity contribution in [1.29, 1.82) is 0 Å². The monoisotopic (exact) mass is 386 g/mol. The minimum atomic E-state index is 0.0341. The van der Waals surface area contributed by atoms with Crippen LogP contribution in [-0.2, 0) is 11.3 Å². The Labute approximate surface area is 171 Å². The van der Waals surface area contributed by atoms with E-state index in [-0.39, 0.29) is 24.5 Å². The van der Waals surface area contributed by atoms with Crippen molar-refractivity contribution in [3.05, 3.63) is 83.9 Å². The number of benzene rings is 3. The first kappa shape index (κ1) is 19.3. The van der Waals surface area contributed by atoms with Gasteiger partial charge in [0.05, 0.1) is 0 Å². The van der Waals surface area contributed by atoms with E-state index in [2.05, 4.69) is 29.2 Å². The van der Waals surface area contributed by atoms with Gasteiger partial charge in [0.2, 0.25) is 5.91 Å². The number of rotatable bonds is 6. The molecule has 3 aromatic carbocycles. The third kappa shape index (κ3) is 4.90. The Kier molecular flexibility index (Phi) is 6.01. The van der Waals surface area contributed by atoms with Gasteiger partial charge >= 0.3 is 0 Å². The van der Waals surface area contributed by atoms with Gasteiger partial charge in [-0.2, -0.15) is 0 Å². The van der Waals surface area contributed by atoms with Gasteiger partial charge in [-0.1, -0.05) is 66.7 Å². The van der Waals surface area contributed by atoms with Crippen LogP contribution in [0.1, 0.15) is 28.8 Å². The van der Waals surface area contributed by atoms with Crippen LogP contribution >= 0.6 is 0 Å². The van der Waals surface area contributed by atoms with Crippen LogP contribution in [0.4, 0.5) is 0 Å². The molecular formula is C25H26N2O2. The molecule has 0 aliphatic carbocycles. The maximum absolute atomic E-state index is 12.6. The quantitative estimate of drug-likeness (QED) is 0.598. The molecule has 1 saturated heterocycles. The molecule has 4 heteroatoms. The van der Waals surface area contributed by atoms with Crippen molar-refractivity contribution in [1.82, 2.24) is 9.80 Å². The fourth-order valence-electron chi connectivity index (χ4n) is 3.88. The molecule has 0 bridgehead atoms. The molecule has 1 amide bonds. The van der Waals surface area contributed by atoms with Crippen molar-refractivity contribution in [2.75, 3.05) is 26.2 Å². The molecule has 3 aromatic rings. The molecule has 0 atom stereocenters. The normalized spacial score (nSPS) is 14.8. The van der Waals surface area contributed by atoms with E-state index in [9.17, 15) is 9.59 Å². The molecule has 4 nitrogen and oxygen atoms in total. The summed E-state index contributed by atoms with van der Waals surface area (Å²) in [5, 5.41) is 2.17. The van der Waals surface area contributed by atoms with Crippen molar-refractivity contribution in [3.8, 4) is 0 Å². The highest BCUT2D eigenvalue weighted by atomic mass is 16.2. The Morgan fingerprint density at radius 2 is 1.41 bits per heavy atom. The van der Waals surface area contributed by atoms with E-state index in [0.29, 0.717) is 5.56 Å². The van der Waals surface area contributed by atoms with Gasteiger partial charge in [0, 0.05) is 51.1 Å². The molecule has 1 fully saturated rings. The van der Waals surface area contributed by atoms with Gasteiger partial charge in [0.15, 0.2) is 5.78 Å². The zero-order valence-electron chi connectivity index (χ0n) is 16.6. The molecule has 0 aromatic heterocycles. The lowest BCUT2D eigenvalue weighted by atomic mass is 10.0. The van der Waals surface area contributed by atoms with Gasteiger partial charge in [-0.05, 0) is 22.4 Å². The van der Waals surface area contributed by atoms with E-state index in [0.717, 1.165) is 43.5 Å². The van der Waals surface area contributed by atoms with Crippen LogP contribution in [0, 0.1) is 0 Å². The number of carbonyl (C=O) groups excluding carboxylic acids is 2. The summed E-state index contributed by atoms with van der Waals surface area (Å²) in [6, 6.07) is 24.2. The minimum absolute atomic E-state index is 0.0341. The Bertz CT molecular complexity index is 992. The molecule has 29 heavy (non-hydrogen) atoms. The van der Waals surface area contributed by atoms with E-state index in [1.54, 1.807) is 0 Å². The summed E-state index contributed by atoms with van der Waals surface area (Å²) in [6.45, 7) is 4.13. The summed E-state index contributed by atoms with van der Waals surface area (Å²) in [5.41, 5.74) is 1.98. The van der Waals surface area contributed by atoms with E-state index < -0.39 is 0 Å². The zero-order chi connectivity index (χ0) is 20.1. The molecule has 1 heterocycles. The van der Waals surface area contributed by atoms with Crippen molar-refractivity contribution < 1.29 is 9.59 Å². The molecular weight excluding hydrogens is 360 g/mol. The van der Waals surface area contributed by atoms with Crippen LogP contribution in [-0.4, -0.2) is 47.7 Å². The average molecular weight is 386 g/mol. The fraction of sp³-hybridized carbons (Fsp3) is 0.280. The van der Waals surface area contributed by atoms with E-state index in [4.69, 9.17) is 0 Å². The third-order valence-corrected chi connectivity index (χ3v) is 5.61. The van der Waals surface area contributed by atoms with Crippen molar-refractivity contribution in [3.63, 3.8) is 0 Å². The first-order chi connectivity index (χ1) is 14.2. The molecule has 0 saturated carbocycles. The van der Waals surface area contributed by atoms with Crippen LogP contribution in [0.3, 0.4) is 0 Å². The maximum atomic E-state index is 12.6. The van der Waals surface area contributed by atoms with Gasteiger partial charge in [-0.15, -0.1) is 0 Å². The molecule has 148 valence electrons. The van der Waals surface area contributed by atoms with Crippen LogP contribution < -0.4 is 0 Å². The Morgan fingerprint density at radius 1 is 0.724 bits per heavy atom. The van der Waals surface area contributed by atoms with Crippen LogP contribution in [0.15, 0.2) is 72.8 Å². The summed E-state index contributed by atoms with van der Waals surface area (Å²) < 4.78 is 0. The largest absolute Gasteiger partial charge is 0.340 e. The lowest BCUT2D eigenvalue weighted by molar-refractivity contribution is -0.132. The molecule has 1 aliphatic heterocycles. The molecule has 0 N–H and O–H groups in total. The minimum Gasteiger partial charge on any atom is -0.340 e. The number of fused-ring (bicyclic) bond motifs is 1. The smallest absolute Gasteiger partial charge is 0.223 e. The number of amides is 1. The maximum Gasteiger partial charge on any atom is 0.223 e. The number of hydrogen-bond acceptors (Lipinski definition) is 3. The van der Waals surface area contributed by atoms with Crippen molar-refractivity contribution in [2.45, 2.75) is 19.4 Å². The average Bonchev–Trinajstić information content (AvgIpc) is 2.78. The van der Waals surface area contributed by atoms with Gasteiger partial charge in [-0.25, -0.2) is 0 Å². The summed E-state index contributed by atoms with van der Waals surface area (Å²) in [4.78, 5) is 29.4. The fourth-order valence-corrected chi connectivity index (χ4v) is 3.88. The standard InChI is InChI=1S/C25H26N2O2/c28-24(23-11-10-21-8-4-5-9-22(21)18-23)12-13-25(29)27-16-14-26(15-17-27)19-20-6-2-1-3-7-20/h1-11,18H,12-17,19H2. The molecule has 0 radical (unpaired) electrons. The predicted molar refractivity (Wildman–Crippen MR) is 116 cm³/mol. The topological polar surface area (TPSA) is 40.6 Å². The Hall–Kier alpha value is -2.98. The van der Waals surface area contributed by atoms with Crippen LogP contribution in [0.25, 0.3) is 10.8 Å². The van der Waals surface area contributed by atoms with Crippen molar-refractivity contribution >= 4 is 22.5 Å². The Balaban J connectivity index is 1.26. The summed E-state index contributed by atoms with van der Waals surface area (Å²) in [7, 11) is 0. The number of Topliss-reactive ketones (excluding diaryl/α,β-unsaturated/α-hetero) is 1. The first-order valence-electron chi connectivity index (χ1n) is 10.2. The van der Waals surface area contributed by atoms with E-state index >= 15 is 0 Å². The van der Waals surface area contributed by atoms with Crippen LogP contribution in [0.5, 0.6) is 0 Å². The molecule has 1 aliphatic rings. The highest BCUT2D eigenvalue weighted by molar-refractivity contribution is 6.01. The van der Waals surface area contributed by atoms with Gasteiger partial charge in [0.25, 0.3) is 0 Å². The zero-order valence-corrected chi connectivity index (χ0v) is 16.6. The number of piperazine rings is 1. The number of carbonyl (C=O) groups is 2. The highest BCUT2D eigenvalue weighted by Crippen LogP contribution is 2.17. The highest BCUT2D eigenvalue weighted by Gasteiger charge is 2.21. The lowest BCUT2D eigenvalue weighted by Crippen LogP contribution is -2.48. The summed E-state index contributed by atoms with van der Waals surface area (Å²) in [5.74, 6) is 0.116.